The third-order valence-corrected chi connectivity index (χ3v) is 6.57. The summed E-state index contributed by atoms with van der Waals surface area (Å²) in [6.07, 6.45) is 4.83. The van der Waals surface area contributed by atoms with Crippen LogP contribution in [0.25, 0.3) is 0 Å². The lowest BCUT2D eigenvalue weighted by atomic mass is 9.73. The molecule has 2 aromatic heterocycles. The standard InChI is InChI=1S/C21H22N4OS/c1-12-5-2-3-6-13(12)19(16-9-10-24-21(23)25-16)14-7-4-8-17-15(14)11-18(27-17)20(22)26/h2-3,5-6,9-11,14,19H,4,7-8H2,1H3,(H2,22,26)(H2,23,24,25). The third-order valence-electron chi connectivity index (χ3n) is 5.34. The Balaban J connectivity index is 1.88. The number of thiophene rings is 1. The van der Waals surface area contributed by atoms with Crippen molar-refractivity contribution in [3.05, 3.63) is 74.7 Å². The Kier molecular flexibility index (Phi) is 4.66. The molecular weight excluding hydrogens is 356 g/mol. The van der Waals surface area contributed by atoms with Crippen molar-refractivity contribution in [2.45, 2.75) is 38.0 Å². The SMILES string of the molecule is Cc1ccccc1C(c1ccnc(N)n1)C1CCCc2sc(C(N)=O)cc21. The largest absolute Gasteiger partial charge is 0.368 e. The highest BCUT2D eigenvalue weighted by Crippen LogP contribution is 2.47. The number of nitrogen functional groups attached to an aromatic ring is 1. The van der Waals surface area contributed by atoms with Crippen molar-refractivity contribution in [3.63, 3.8) is 0 Å². The molecule has 0 fully saturated rings. The van der Waals surface area contributed by atoms with E-state index in [1.807, 2.05) is 18.2 Å². The summed E-state index contributed by atoms with van der Waals surface area (Å²) < 4.78 is 0. The van der Waals surface area contributed by atoms with E-state index in [9.17, 15) is 4.79 Å². The van der Waals surface area contributed by atoms with E-state index >= 15 is 0 Å². The second kappa shape index (κ2) is 7.12. The minimum atomic E-state index is -0.355. The number of benzene rings is 1. The number of hydrogen-bond acceptors (Lipinski definition) is 5. The van der Waals surface area contributed by atoms with Gasteiger partial charge in [0.15, 0.2) is 0 Å². The van der Waals surface area contributed by atoms with Crippen molar-refractivity contribution in [2.24, 2.45) is 5.73 Å². The molecule has 6 heteroatoms. The molecule has 1 aromatic carbocycles. The first-order valence-corrected chi connectivity index (χ1v) is 9.92. The summed E-state index contributed by atoms with van der Waals surface area (Å²) in [6.45, 7) is 2.12. The number of aryl methyl sites for hydroxylation is 2. The number of fused-ring (bicyclic) bond motifs is 1. The molecule has 2 unspecified atom stereocenters. The molecular formula is C21H22N4OS. The van der Waals surface area contributed by atoms with Crippen LogP contribution in [0.15, 0.2) is 42.6 Å². The van der Waals surface area contributed by atoms with Crippen LogP contribution in [0.5, 0.6) is 0 Å². The number of primary amides is 1. The number of nitrogens with two attached hydrogens (primary N) is 2. The Morgan fingerprint density at radius 3 is 2.85 bits per heavy atom. The van der Waals surface area contributed by atoms with Crippen molar-refractivity contribution in [3.8, 4) is 0 Å². The first-order chi connectivity index (χ1) is 13.0. The molecule has 0 bridgehead atoms. The molecule has 0 spiro atoms. The number of nitrogens with zero attached hydrogens (tertiary/aromatic N) is 2. The highest BCUT2D eigenvalue weighted by atomic mass is 32.1. The maximum Gasteiger partial charge on any atom is 0.258 e. The Bertz CT molecular complexity index is 997. The number of amides is 1. The summed E-state index contributed by atoms with van der Waals surface area (Å²) in [6, 6.07) is 12.3. The van der Waals surface area contributed by atoms with Crippen LogP contribution < -0.4 is 11.5 Å². The normalized spacial score (nSPS) is 17.3. The van der Waals surface area contributed by atoms with Gasteiger partial charge in [0, 0.05) is 17.0 Å². The van der Waals surface area contributed by atoms with E-state index in [-0.39, 0.29) is 23.7 Å². The molecule has 3 aromatic rings. The van der Waals surface area contributed by atoms with Crippen molar-refractivity contribution < 1.29 is 4.79 Å². The Morgan fingerprint density at radius 2 is 2.11 bits per heavy atom. The Morgan fingerprint density at radius 1 is 1.30 bits per heavy atom. The summed E-state index contributed by atoms with van der Waals surface area (Å²) in [5.74, 6) is 0.219. The number of hydrogen-bond donors (Lipinski definition) is 2. The number of aromatic nitrogens is 2. The second-order valence-corrected chi connectivity index (χ2v) is 8.16. The zero-order valence-electron chi connectivity index (χ0n) is 15.2. The molecule has 0 saturated heterocycles. The van der Waals surface area contributed by atoms with Crippen molar-refractivity contribution in [1.29, 1.82) is 0 Å². The van der Waals surface area contributed by atoms with E-state index in [0.717, 1.165) is 25.0 Å². The lowest BCUT2D eigenvalue weighted by Gasteiger charge is -2.31. The molecule has 2 heterocycles. The zero-order chi connectivity index (χ0) is 19.0. The van der Waals surface area contributed by atoms with Gasteiger partial charge in [-0.3, -0.25) is 4.79 Å². The lowest BCUT2D eigenvalue weighted by molar-refractivity contribution is 0.100. The van der Waals surface area contributed by atoms with Gasteiger partial charge in [-0.15, -0.1) is 11.3 Å². The van der Waals surface area contributed by atoms with Gasteiger partial charge >= 0.3 is 0 Å². The van der Waals surface area contributed by atoms with Crippen LogP contribution in [0, 0.1) is 6.92 Å². The first kappa shape index (κ1) is 17.7. The molecule has 1 aliphatic rings. The highest BCUT2D eigenvalue weighted by molar-refractivity contribution is 7.14. The minimum absolute atomic E-state index is 0.0610. The monoisotopic (exact) mass is 378 g/mol. The lowest BCUT2D eigenvalue weighted by Crippen LogP contribution is -2.19. The average molecular weight is 379 g/mol. The summed E-state index contributed by atoms with van der Waals surface area (Å²) in [5, 5.41) is 0. The van der Waals surface area contributed by atoms with Gasteiger partial charge in [-0.1, -0.05) is 24.3 Å². The number of carbonyl (C=O) groups is 1. The van der Waals surface area contributed by atoms with Gasteiger partial charge in [0.05, 0.1) is 10.6 Å². The predicted molar refractivity (Wildman–Crippen MR) is 108 cm³/mol. The first-order valence-electron chi connectivity index (χ1n) is 9.11. The Labute approximate surface area is 162 Å². The van der Waals surface area contributed by atoms with E-state index in [0.29, 0.717) is 4.88 Å². The van der Waals surface area contributed by atoms with E-state index in [4.69, 9.17) is 11.5 Å². The predicted octanol–water partition coefficient (Wildman–Crippen LogP) is 3.78. The van der Waals surface area contributed by atoms with Crippen LogP contribution in [0.3, 0.4) is 0 Å². The second-order valence-electron chi connectivity index (χ2n) is 7.03. The highest BCUT2D eigenvalue weighted by Gasteiger charge is 2.34. The topological polar surface area (TPSA) is 94.9 Å². The van der Waals surface area contributed by atoms with E-state index in [1.54, 1.807) is 6.20 Å². The van der Waals surface area contributed by atoms with Crippen molar-refractivity contribution in [1.82, 2.24) is 9.97 Å². The maximum absolute atomic E-state index is 11.7. The molecule has 0 saturated carbocycles. The van der Waals surface area contributed by atoms with Gasteiger partial charge in [-0.2, -0.15) is 0 Å². The third kappa shape index (κ3) is 3.32. The molecule has 5 nitrogen and oxygen atoms in total. The fourth-order valence-corrected chi connectivity index (χ4v) is 5.26. The maximum atomic E-state index is 11.7. The summed E-state index contributed by atoms with van der Waals surface area (Å²) in [5.41, 5.74) is 16.0. The van der Waals surface area contributed by atoms with Crippen molar-refractivity contribution in [2.75, 3.05) is 5.73 Å². The van der Waals surface area contributed by atoms with E-state index in [2.05, 4.69) is 35.1 Å². The zero-order valence-corrected chi connectivity index (χ0v) is 16.0. The summed E-state index contributed by atoms with van der Waals surface area (Å²) >= 11 is 1.53. The van der Waals surface area contributed by atoms with E-state index in [1.165, 1.54) is 32.9 Å². The molecule has 4 N–H and O–H groups in total. The van der Waals surface area contributed by atoms with Crippen LogP contribution in [0.4, 0.5) is 5.95 Å². The minimum Gasteiger partial charge on any atom is -0.368 e. The van der Waals surface area contributed by atoms with Gasteiger partial charge in [0.1, 0.15) is 0 Å². The molecule has 2 atom stereocenters. The van der Waals surface area contributed by atoms with Crippen LogP contribution in [-0.2, 0) is 6.42 Å². The quantitative estimate of drug-likeness (QED) is 0.722. The molecule has 27 heavy (non-hydrogen) atoms. The molecule has 4 rings (SSSR count). The van der Waals surface area contributed by atoms with Gasteiger partial charge in [-0.25, -0.2) is 9.97 Å². The molecule has 1 aliphatic carbocycles. The molecule has 0 radical (unpaired) electrons. The average Bonchev–Trinajstić information content (AvgIpc) is 3.09. The molecule has 0 aliphatic heterocycles. The van der Waals surface area contributed by atoms with Crippen LogP contribution in [0.2, 0.25) is 0 Å². The van der Waals surface area contributed by atoms with Gasteiger partial charge in [-0.05, 0) is 60.9 Å². The fourth-order valence-electron chi connectivity index (χ4n) is 4.14. The van der Waals surface area contributed by atoms with Crippen molar-refractivity contribution >= 4 is 23.2 Å². The molecule has 138 valence electrons. The fraction of sp³-hybridized carbons (Fsp3) is 0.286. The number of anilines is 1. The van der Waals surface area contributed by atoms with Gasteiger partial charge in [0.25, 0.3) is 5.91 Å². The number of carbonyl (C=O) groups excluding carboxylic acids is 1. The summed E-state index contributed by atoms with van der Waals surface area (Å²) in [4.78, 5) is 22.3. The van der Waals surface area contributed by atoms with Gasteiger partial charge in [0.2, 0.25) is 5.95 Å². The van der Waals surface area contributed by atoms with Crippen LogP contribution >= 0.6 is 11.3 Å². The van der Waals surface area contributed by atoms with E-state index < -0.39 is 0 Å². The summed E-state index contributed by atoms with van der Waals surface area (Å²) in [7, 11) is 0. The number of rotatable bonds is 4. The van der Waals surface area contributed by atoms with Crippen LogP contribution in [-0.4, -0.2) is 15.9 Å². The van der Waals surface area contributed by atoms with Gasteiger partial charge < -0.3 is 11.5 Å². The van der Waals surface area contributed by atoms with Crippen LogP contribution in [0.1, 0.15) is 61.6 Å². The smallest absolute Gasteiger partial charge is 0.258 e. The Hall–Kier alpha value is -2.73. The molecule has 1 amide bonds.